The minimum atomic E-state index is -0.418. The lowest BCUT2D eigenvalue weighted by atomic mass is 9.97. The second kappa shape index (κ2) is 8.84. The molecule has 0 unspecified atom stereocenters. The molecule has 0 heterocycles. The Bertz CT molecular complexity index is 862. The number of hydrogen-bond donors (Lipinski definition) is 4. The van der Waals surface area contributed by atoms with Crippen molar-refractivity contribution in [2.45, 2.75) is 13.3 Å². The first-order valence-corrected chi connectivity index (χ1v) is 8.59. The summed E-state index contributed by atoms with van der Waals surface area (Å²) in [5.74, 6) is 0.881. The number of ether oxygens (including phenoxy) is 2. The summed E-state index contributed by atoms with van der Waals surface area (Å²) in [6.45, 7) is 2.47. The van der Waals surface area contributed by atoms with Gasteiger partial charge in [0.25, 0.3) is 5.91 Å². The van der Waals surface area contributed by atoms with Gasteiger partial charge in [0.05, 0.1) is 19.9 Å². The molecular formula is C20H26N4O3. The molecule has 0 aliphatic carbocycles. The summed E-state index contributed by atoms with van der Waals surface area (Å²) in [6.07, 6.45) is 0.798. The summed E-state index contributed by atoms with van der Waals surface area (Å²) in [5.41, 5.74) is 20.8. The van der Waals surface area contributed by atoms with E-state index in [9.17, 15) is 4.79 Å². The first-order chi connectivity index (χ1) is 12.9. The van der Waals surface area contributed by atoms with Crippen LogP contribution in [0.15, 0.2) is 42.1 Å². The van der Waals surface area contributed by atoms with E-state index in [-0.39, 0.29) is 11.4 Å². The SMILES string of the molecule is CCCNC(=O)/C(N)=C(\N)c1cccc(-c2cc(OC)ccc2OC)c1N. The summed E-state index contributed by atoms with van der Waals surface area (Å²) >= 11 is 0. The molecule has 1 amide bonds. The number of nitrogens with one attached hydrogen (secondary N) is 1. The summed E-state index contributed by atoms with van der Waals surface area (Å²) < 4.78 is 10.7. The lowest BCUT2D eigenvalue weighted by molar-refractivity contribution is -0.117. The van der Waals surface area contributed by atoms with Crippen LogP contribution in [0.25, 0.3) is 16.8 Å². The Morgan fingerprint density at radius 2 is 1.81 bits per heavy atom. The van der Waals surface area contributed by atoms with Gasteiger partial charge in [0.2, 0.25) is 0 Å². The van der Waals surface area contributed by atoms with Crippen molar-refractivity contribution in [3.63, 3.8) is 0 Å². The van der Waals surface area contributed by atoms with Crippen molar-refractivity contribution >= 4 is 17.3 Å². The number of benzene rings is 2. The van der Waals surface area contributed by atoms with E-state index in [1.165, 1.54) is 0 Å². The van der Waals surface area contributed by atoms with Gasteiger partial charge >= 0.3 is 0 Å². The quantitative estimate of drug-likeness (QED) is 0.437. The zero-order chi connectivity index (χ0) is 20.0. The molecule has 2 aromatic rings. The van der Waals surface area contributed by atoms with Crippen LogP contribution in [-0.4, -0.2) is 26.7 Å². The lowest BCUT2D eigenvalue weighted by Gasteiger charge is -2.16. The Hall–Kier alpha value is -3.35. The number of methoxy groups -OCH3 is 2. The molecule has 7 nitrogen and oxygen atoms in total. The number of hydrogen-bond acceptors (Lipinski definition) is 6. The van der Waals surface area contributed by atoms with Gasteiger partial charge in [-0.15, -0.1) is 0 Å². The maximum atomic E-state index is 12.1. The second-order valence-corrected chi connectivity index (χ2v) is 5.92. The normalized spacial score (nSPS) is 11.5. The van der Waals surface area contributed by atoms with Crippen LogP contribution in [0.2, 0.25) is 0 Å². The molecule has 0 bridgehead atoms. The fourth-order valence-corrected chi connectivity index (χ4v) is 2.66. The predicted molar refractivity (Wildman–Crippen MR) is 108 cm³/mol. The largest absolute Gasteiger partial charge is 0.497 e. The summed E-state index contributed by atoms with van der Waals surface area (Å²) in [6, 6.07) is 10.8. The molecule has 2 aromatic carbocycles. The topological polar surface area (TPSA) is 126 Å². The van der Waals surface area contributed by atoms with Crippen molar-refractivity contribution in [3.05, 3.63) is 47.7 Å². The van der Waals surface area contributed by atoms with E-state index < -0.39 is 5.91 Å². The van der Waals surface area contributed by atoms with E-state index in [4.69, 9.17) is 26.7 Å². The molecule has 0 fully saturated rings. The van der Waals surface area contributed by atoms with Crippen LogP contribution < -0.4 is 32.0 Å². The van der Waals surface area contributed by atoms with Gasteiger partial charge in [-0.05, 0) is 24.6 Å². The summed E-state index contributed by atoms with van der Waals surface area (Å²) in [5, 5.41) is 2.70. The Labute approximate surface area is 159 Å². The van der Waals surface area contributed by atoms with Gasteiger partial charge in [-0.25, -0.2) is 0 Å². The molecule has 0 aliphatic heterocycles. The van der Waals surface area contributed by atoms with E-state index in [2.05, 4.69) is 5.32 Å². The van der Waals surface area contributed by atoms with E-state index >= 15 is 0 Å². The van der Waals surface area contributed by atoms with Crippen molar-refractivity contribution in [1.82, 2.24) is 5.32 Å². The highest BCUT2D eigenvalue weighted by Gasteiger charge is 2.17. The molecule has 7 heteroatoms. The molecular weight excluding hydrogens is 344 g/mol. The number of carbonyl (C=O) groups excluding carboxylic acids is 1. The fraction of sp³-hybridized carbons (Fsp3) is 0.250. The molecule has 0 atom stereocenters. The van der Waals surface area contributed by atoms with Crippen LogP contribution in [0.4, 0.5) is 5.69 Å². The van der Waals surface area contributed by atoms with Crippen molar-refractivity contribution in [2.24, 2.45) is 11.5 Å². The first-order valence-electron chi connectivity index (χ1n) is 8.59. The average molecular weight is 370 g/mol. The van der Waals surface area contributed by atoms with Gasteiger partial charge in [0, 0.05) is 28.9 Å². The van der Waals surface area contributed by atoms with Crippen molar-refractivity contribution in [3.8, 4) is 22.6 Å². The van der Waals surface area contributed by atoms with Crippen LogP contribution in [-0.2, 0) is 4.79 Å². The fourth-order valence-electron chi connectivity index (χ4n) is 2.66. The molecule has 27 heavy (non-hydrogen) atoms. The van der Waals surface area contributed by atoms with Crippen LogP contribution in [0, 0.1) is 0 Å². The van der Waals surface area contributed by atoms with Crippen molar-refractivity contribution < 1.29 is 14.3 Å². The van der Waals surface area contributed by atoms with Crippen molar-refractivity contribution in [2.75, 3.05) is 26.5 Å². The summed E-state index contributed by atoms with van der Waals surface area (Å²) in [4.78, 5) is 12.1. The third kappa shape index (κ3) is 4.25. The number of anilines is 1. The molecule has 0 radical (unpaired) electrons. The number of nitrogens with two attached hydrogens (primary N) is 3. The minimum Gasteiger partial charge on any atom is -0.497 e. The van der Waals surface area contributed by atoms with Crippen molar-refractivity contribution in [1.29, 1.82) is 0 Å². The van der Waals surface area contributed by atoms with Gasteiger partial charge in [-0.1, -0.05) is 25.1 Å². The average Bonchev–Trinajstić information content (AvgIpc) is 2.70. The Morgan fingerprint density at radius 3 is 2.44 bits per heavy atom. The molecule has 0 aromatic heterocycles. The van der Waals surface area contributed by atoms with Crippen LogP contribution in [0.1, 0.15) is 18.9 Å². The third-order valence-electron chi connectivity index (χ3n) is 4.16. The molecule has 144 valence electrons. The number of amides is 1. The van der Waals surface area contributed by atoms with Gasteiger partial charge in [0.15, 0.2) is 0 Å². The zero-order valence-electron chi connectivity index (χ0n) is 15.8. The smallest absolute Gasteiger partial charge is 0.269 e. The van der Waals surface area contributed by atoms with E-state index in [1.54, 1.807) is 38.5 Å². The van der Waals surface area contributed by atoms with Gasteiger partial charge in [0.1, 0.15) is 17.2 Å². The number of nitrogen functional groups attached to an aromatic ring is 1. The zero-order valence-corrected chi connectivity index (χ0v) is 15.8. The van der Waals surface area contributed by atoms with Gasteiger partial charge in [-0.2, -0.15) is 0 Å². The number of para-hydroxylation sites is 1. The van der Waals surface area contributed by atoms with Gasteiger partial charge in [-0.3, -0.25) is 4.79 Å². The Balaban J connectivity index is 2.55. The highest BCUT2D eigenvalue weighted by atomic mass is 16.5. The Kier molecular flexibility index (Phi) is 6.54. The maximum Gasteiger partial charge on any atom is 0.269 e. The Morgan fingerprint density at radius 1 is 1.07 bits per heavy atom. The maximum absolute atomic E-state index is 12.1. The van der Waals surface area contributed by atoms with E-state index in [0.717, 1.165) is 12.0 Å². The lowest BCUT2D eigenvalue weighted by Crippen LogP contribution is -2.31. The standard InChI is InChI=1S/C20H26N4O3/c1-4-10-24-20(25)19(23)18(22)14-7-5-6-13(17(14)21)15-11-12(26-2)8-9-16(15)27-3/h5-9,11H,4,10,21-23H2,1-3H3,(H,24,25)/b19-18+. The van der Waals surface area contributed by atoms with Crippen LogP contribution in [0.3, 0.4) is 0 Å². The highest BCUT2D eigenvalue weighted by molar-refractivity contribution is 6.01. The molecule has 0 saturated carbocycles. The second-order valence-electron chi connectivity index (χ2n) is 5.92. The number of rotatable bonds is 7. The van der Waals surface area contributed by atoms with Crippen LogP contribution in [0.5, 0.6) is 11.5 Å². The molecule has 0 saturated heterocycles. The van der Waals surface area contributed by atoms with Gasteiger partial charge < -0.3 is 32.0 Å². The highest BCUT2D eigenvalue weighted by Crippen LogP contribution is 2.38. The van der Waals surface area contributed by atoms with Crippen LogP contribution >= 0.6 is 0 Å². The minimum absolute atomic E-state index is 0.0649. The molecule has 2 rings (SSSR count). The molecule has 7 N–H and O–H groups in total. The number of carbonyl (C=O) groups is 1. The molecule has 0 aliphatic rings. The summed E-state index contributed by atoms with van der Waals surface area (Å²) in [7, 11) is 3.16. The third-order valence-corrected chi connectivity index (χ3v) is 4.16. The van der Waals surface area contributed by atoms with E-state index in [0.29, 0.717) is 34.9 Å². The predicted octanol–water partition coefficient (Wildman–Crippen LogP) is 2.07. The molecule has 0 spiro atoms. The first kappa shape index (κ1) is 20.0. The monoisotopic (exact) mass is 370 g/mol. The van der Waals surface area contributed by atoms with E-state index in [1.807, 2.05) is 19.1 Å².